The summed E-state index contributed by atoms with van der Waals surface area (Å²) in [5.74, 6) is -0.369. The normalized spacial score (nSPS) is 11.7. The summed E-state index contributed by atoms with van der Waals surface area (Å²) in [6, 6.07) is 6.58. The van der Waals surface area contributed by atoms with Crippen LogP contribution in [0, 0.1) is 0 Å². The lowest BCUT2D eigenvalue weighted by atomic mass is 10.2. The molecule has 0 N–H and O–H groups in total. The highest BCUT2D eigenvalue weighted by Gasteiger charge is 2.15. The number of rotatable bonds is 8. The second-order valence-corrected chi connectivity index (χ2v) is 5.58. The average Bonchev–Trinajstić information content (AvgIpc) is 2.52. The van der Waals surface area contributed by atoms with E-state index in [-0.39, 0.29) is 18.2 Å². The Morgan fingerprint density at radius 3 is 2.43 bits per heavy atom. The highest BCUT2D eigenvalue weighted by atomic mass is 35.5. The van der Waals surface area contributed by atoms with Gasteiger partial charge in [0.25, 0.3) is 0 Å². The summed E-state index contributed by atoms with van der Waals surface area (Å²) in [6.07, 6.45) is 0.886. The van der Waals surface area contributed by atoms with Crippen LogP contribution in [-0.4, -0.2) is 42.8 Å². The molecular formula is C17H24ClNO4. The van der Waals surface area contributed by atoms with Gasteiger partial charge in [-0.15, -0.1) is 0 Å². The molecule has 0 radical (unpaired) electrons. The van der Waals surface area contributed by atoms with E-state index < -0.39 is 0 Å². The second kappa shape index (κ2) is 10.1. The SMILES string of the molecule is CCOC(=O)N(CC)CCCC(C)OC(=O)c1ccc(Cl)cc1. The minimum atomic E-state index is -0.369. The molecule has 0 aliphatic rings. The van der Waals surface area contributed by atoms with Crippen LogP contribution < -0.4 is 0 Å². The van der Waals surface area contributed by atoms with Crippen molar-refractivity contribution in [3.05, 3.63) is 34.9 Å². The van der Waals surface area contributed by atoms with Gasteiger partial charge in [0, 0.05) is 18.1 Å². The molecule has 1 aromatic carbocycles. The molecular weight excluding hydrogens is 318 g/mol. The predicted octanol–water partition coefficient (Wildman–Crippen LogP) is 4.14. The first-order chi connectivity index (χ1) is 11.0. The lowest BCUT2D eigenvalue weighted by molar-refractivity contribution is 0.0312. The summed E-state index contributed by atoms with van der Waals surface area (Å²) >= 11 is 5.79. The van der Waals surface area contributed by atoms with Crippen LogP contribution in [0.5, 0.6) is 0 Å². The quantitative estimate of drug-likeness (QED) is 0.667. The summed E-state index contributed by atoms with van der Waals surface area (Å²) in [5.41, 5.74) is 0.475. The lowest BCUT2D eigenvalue weighted by Gasteiger charge is -2.21. The van der Waals surface area contributed by atoms with Gasteiger partial charge in [0.2, 0.25) is 0 Å². The van der Waals surface area contributed by atoms with Crippen molar-refractivity contribution in [1.29, 1.82) is 0 Å². The number of carbonyl (C=O) groups is 2. The van der Waals surface area contributed by atoms with Crippen molar-refractivity contribution in [2.75, 3.05) is 19.7 Å². The van der Waals surface area contributed by atoms with Crippen LogP contribution >= 0.6 is 11.6 Å². The van der Waals surface area contributed by atoms with Crippen LogP contribution in [0.15, 0.2) is 24.3 Å². The number of halogens is 1. The van der Waals surface area contributed by atoms with Crippen molar-refractivity contribution in [1.82, 2.24) is 4.90 Å². The zero-order valence-electron chi connectivity index (χ0n) is 13.9. The maximum absolute atomic E-state index is 12.0. The summed E-state index contributed by atoms with van der Waals surface area (Å²) in [4.78, 5) is 25.2. The largest absolute Gasteiger partial charge is 0.459 e. The summed E-state index contributed by atoms with van der Waals surface area (Å²) in [5, 5.41) is 0.577. The van der Waals surface area contributed by atoms with E-state index in [2.05, 4.69) is 0 Å². The minimum absolute atomic E-state index is 0.223. The first-order valence-corrected chi connectivity index (χ1v) is 8.24. The minimum Gasteiger partial charge on any atom is -0.459 e. The molecule has 0 aliphatic carbocycles. The Kier molecular flexibility index (Phi) is 8.48. The zero-order valence-corrected chi connectivity index (χ0v) is 14.6. The van der Waals surface area contributed by atoms with Gasteiger partial charge >= 0.3 is 12.1 Å². The fourth-order valence-corrected chi connectivity index (χ4v) is 2.18. The van der Waals surface area contributed by atoms with Crippen LogP contribution in [-0.2, 0) is 9.47 Å². The molecule has 0 saturated heterocycles. The number of hydrogen-bond acceptors (Lipinski definition) is 4. The Hall–Kier alpha value is -1.75. The van der Waals surface area contributed by atoms with Gasteiger partial charge in [0.1, 0.15) is 0 Å². The van der Waals surface area contributed by atoms with E-state index in [4.69, 9.17) is 21.1 Å². The van der Waals surface area contributed by atoms with E-state index >= 15 is 0 Å². The molecule has 5 nitrogen and oxygen atoms in total. The van der Waals surface area contributed by atoms with E-state index in [0.717, 1.165) is 6.42 Å². The Balaban J connectivity index is 2.36. The van der Waals surface area contributed by atoms with E-state index in [9.17, 15) is 9.59 Å². The molecule has 0 aliphatic heterocycles. The predicted molar refractivity (Wildman–Crippen MR) is 89.8 cm³/mol. The standard InChI is InChI=1S/C17H24ClNO4/c1-4-19(17(21)22-5-2)12-6-7-13(3)23-16(20)14-8-10-15(18)11-9-14/h8-11,13H,4-7,12H2,1-3H3. The summed E-state index contributed by atoms with van der Waals surface area (Å²) in [7, 11) is 0. The smallest absolute Gasteiger partial charge is 0.409 e. The highest BCUT2D eigenvalue weighted by Crippen LogP contribution is 2.12. The van der Waals surface area contributed by atoms with Gasteiger partial charge in [0.05, 0.1) is 18.3 Å². The first-order valence-electron chi connectivity index (χ1n) is 7.86. The van der Waals surface area contributed by atoms with Crippen LogP contribution in [0.25, 0.3) is 0 Å². The van der Waals surface area contributed by atoms with Gasteiger partial charge in [-0.25, -0.2) is 9.59 Å². The number of amides is 1. The molecule has 1 aromatic rings. The molecule has 0 bridgehead atoms. The number of carbonyl (C=O) groups excluding carboxylic acids is 2. The van der Waals surface area contributed by atoms with Crippen LogP contribution in [0.1, 0.15) is 44.0 Å². The fraction of sp³-hybridized carbons (Fsp3) is 0.529. The number of benzene rings is 1. The molecule has 1 rings (SSSR count). The molecule has 1 unspecified atom stereocenters. The summed E-state index contributed by atoms with van der Waals surface area (Å²) < 4.78 is 10.4. The average molecular weight is 342 g/mol. The van der Waals surface area contributed by atoms with E-state index in [1.807, 2.05) is 13.8 Å². The molecule has 0 heterocycles. The van der Waals surface area contributed by atoms with Gasteiger partial charge in [-0.05, 0) is 57.9 Å². The second-order valence-electron chi connectivity index (χ2n) is 5.14. The van der Waals surface area contributed by atoms with Gasteiger partial charge in [-0.1, -0.05) is 11.6 Å². The molecule has 128 valence electrons. The fourth-order valence-electron chi connectivity index (χ4n) is 2.06. The molecule has 23 heavy (non-hydrogen) atoms. The van der Waals surface area contributed by atoms with Crippen molar-refractivity contribution < 1.29 is 19.1 Å². The third-order valence-corrected chi connectivity index (χ3v) is 3.59. The first kappa shape index (κ1) is 19.3. The van der Waals surface area contributed by atoms with Crippen molar-refractivity contribution in [3.8, 4) is 0 Å². The highest BCUT2D eigenvalue weighted by molar-refractivity contribution is 6.30. The maximum atomic E-state index is 12.0. The third-order valence-electron chi connectivity index (χ3n) is 3.33. The van der Waals surface area contributed by atoms with Crippen LogP contribution in [0.4, 0.5) is 4.79 Å². The van der Waals surface area contributed by atoms with Crippen molar-refractivity contribution in [2.24, 2.45) is 0 Å². The van der Waals surface area contributed by atoms with E-state index in [1.165, 1.54) is 0 Å². The molecule has 0 fully saturated rings. The van der Waals surface area contributed by atoms with Crippen molar-refractivity contribution in [2.45, 2.75) is 39.7 Å². The monoisotopic (exact) mass is 341 g/mol. The molecule has 0 saturated carbocycles. The molecule has 1 atom stereocenters. The Morgan fingerprint density at radius 1 is 1.22 bits per heavy atom. The Morgan fingerprint density at radius 2 is 1.87 bits per heavy atom. The molecule has 6 heteroatoms. The summed E-state index contributed by atoms with van der Waals surface area (Å²) in [6.45, 7) is 7.07. The maximum Gasteiger partial charge on any atom is 0.409 e. The molecule has 0 aromatic heterocycles. The van der Waals surface area contributed by atoms with Gasteiger partial charge in [-0.2, -0.15) is 0 Å². The van der Waals surface area contributed by atoms with Crippen LogP contribution in [0.3, 0.4) is 0 Å². The molecule has 1 amide bonds. The van der Waals surface area contributed by atoms with Gasteiger partial charge < -0.3 is 14.4 Å². The Labute approximate surface area is 142 Å². The number of hydrogen-bond donors (Lipinski definition) is 0. The van der Waals surface area contributed by atoms with E-state index in [1.54, 1.807) is 36.1 Å². The number of esters is 1. The third kappa shape index (κ3) is 6.91. The van der Waals surface area contributed by atoms with Gasteiger partial charge in [0.15, 0.2) is 0 Å². The number of ether oxygens (including phenoxy) is 2. The topological polar surface area (TPSA) is 55.8 Å². The van der Waals surface area contributed by atoms with E-state index in [0.29, 0.717) is 36.7 Å². The van der Waals surface area contributed by atoms with Crippen LogP contribution in [0.2, 0.25) is 5.02 Å². The Bertz CT molecular complexity index is 504. The number of nitrogens with zero attached hydrogens (tertiary/aromatic N) is 1. The zero-order chi connectivity index (χ0) is 17.2. The lowest BCUT2D eigenvalue weighted by Crippen LogP contribution is -2.32. The van der Waals surface area contributed by atoms with Gasteiger partial charge in [-0.3, -0.25) is 0 Å². The van der Waals surface area contributed by atoms with Crippen molar-refractivity contribution in [3.63, 3.8) is 0 Å². The molecule has 0 spiro atoms. The van der Waals surface area contributed by atoms with Crippen molar-refractivity contribution >= 4 is 23.7 Å².